The lowest BCUT2D eigenvalue weighted by molar-refractivity contribution is -0.141. The van der Waals surface area contributed by atoms with E-state index in [0.29, 0.717) is 47.6 Å². The zero-order chi connectivity index (χ0) is 18.2. The van der Waals surface area contributed by atoms with E-state index in [0.717, 1.165) is 5.56 Å². The molecule has 0 bridgehead atoms. The number of aliphatic carboxylic acids is 1. The summed E-state index contributed by atoms with van der Waals surface area (Å²) < 4.78 is 11.2. The minimum atomic E-state index is -0.776. The smallest absolute Gasteiger partial charge is 0.306 e. The molecule has 134 valence electrons. The molecule has 0 spiro atoms. The molecule has 4 nitrogen and oxygen atoms in total. The number of halogens is 2. The monoisotopic (exact) mass is 382 g/mol. The summed E-state index contributed by atoms with van der Waals surface area (Å²) in [4.78, 5) is 11.1. The largest absolute Gasteiger partial charge is 0.490 e. The lowest BCUT2D eigenvalue weighted by atomic mass is 9.97. The Bertz CT molecular complexity index is 718. The lowest BCUT2D eigenvalue weighted by Crippen LogP contribution is -2.15. The Morgan fingerprint density at radius 1 is 1.12 bits per heavy atom. The van der Waals surface area contributed by atoms with Gasteiger partial charge in [-0.25, -0.2) is 0 Å². The van der Waals surface area contributed by atoms with Crippen molar-refractivity contribution in [1.82, 2.24) is 0 Å². The van der Waals surface area contributed by atoms with Gasteiger partial charge in [0.2, 0.25) is 0 Å². The fourth-order valence-corrected chi connectivity index (χ4v) is 2.82. The van der Waals surface area contributed by atoms with Gasteiger partial charge in [-0.1, -0.05) is 42.3 Å². The maximum Gasteiger partial charge on any atom is 0.306 e. The molecule has 2 rings (SSSR count). The molecule has 0 radical (unpaired) electrons. The molecular formula is C19H20Cl2O4. The van der Waals surface area contributed by atoms with Gasteiger partial charge in [0.05, 0.1) is 10.9 Å². The van der Waals surface area contributed by atoms with Crippen molar-refractivity contribution in [3.63, 3.8) is 0 Å². The number of hydrogen-bond donors (Lipinski definition) is 1. The molecule has 0 heterocycles. The van der Waals surface area contributed by atoms with Gasteiger partial charge in [-0.3, -0.25) is 4.79 Å². The SMILES string of the molecule is CCC(Cc1cccc(OCCOc2ccc(Cl)cc2Cl)c1)C(=O)O. The number of carboxylic acids is 1. The standard InChI is InChI=1S/C19H20Cl2O4/c1-2-14(19(22)23)10-13-4-3-5-16(11-13)24-8-9-25-18-7-6-15(20)12-17(18)21/h3-7,11-12,14H,2,8-10H2,1H3,(H,22,23). The van der Waals surface area contributed by atoms with E-state index < -0.39 is 5.97 Å². The number of carbonyl (C=O) groups is 1. The molecule has 0 saturated carbocycles. The van der Waals surface area contributed by atoms with Gasteiger partial charge in [0.1, 0.15) is 24.7 Å². The molecule has 1 atom stereocenters. The molecule has 1 unspecified atom stereocenters. The van der Waals surface area contributed by atoms with Crippen molar-refractivity contribution in [2.24, 2.45) is 5.92 Å². The highest BCUT2D eigenvalue weighted by molar-refractivity contribution is 6.35. The molecule has 0 aliphatic carbocycles. The first-order valence-corrected chi connectivity index (χ1v) is 8.77. The highest BCUT2D eigenvalue weighted by Crippen LogP contribution is 2.27. The van der Waals surface area contributed by atoms with Crippen LogP contribution in [0.5, 0.6) is 11.5 Å². The molecule has 0 aliphatic rings. The summed E-state index contributed by atoms with van der Waals surface area (Å²) in [6, 6.07) is 12.5. The summed E-state index contributed by atoms with van der Waals surface area (Å²) >= 11 is 11.9. The van der Waals surface area contributed by atoms with Crippen molar-refractivity contribution in [2.75, 3.05) is 13.2 Å². The van der Waals surface area contributed by atoms with Gasteiger partial charge >= 0.3 is 5.97 Å². The molecule has 0 fully saturated rings. The van der Waals surface area contributed by atoms with E-state index in [2.05, 4.69) is 0 Å². The average Bonchev–Trinajstić information content (AvgIpc) is 2.58. The van der Waals surface area contributed by atoms with Gasteiger partial charge in [-0.2, -0.15) is 0 Å². The minimum absolute atomic E-state index is 0.332. The second-order valence-electron chi connectivity index (χ2n) is 5.57. The van der Waals surface area contributed by atoms with Crippen molar-refractivity contribution in [3.05, 3.63) is 58.1 Å². The predicted molar refractivity (Wildman–Crippen MR) is 99.0 cm³/mol. The number of benzene rings is 2. The lowest BCUT2D eigenvalue weighted by Gasteiger charge is -2.12. The molecule has 0 aliphatic heterocycles. The van der Waals surface area contributed by atoms with Gasteiger partial charge < -0.3 is 14.6 Å². The van der Waals surface area contributed by atoms with Crippen LogP contribution in [0.25, 0.3) is 0 Å². The highest BCUT2D eigenvalue weighted by Gasteiger charge is 2.15. The molecule has 0 saturated heterocycles. The zero-order valence-corrected chi connectivity index (χ0v) is 15.4. The first-order chi connectivity index (χ1) is 12.0. The van der Waals surface area contributed by atoms with Crippen LogP contribution in [0.2, 0.25) is 10.0 Å². The first-order valence-electron chi connectivity index (χ1n) is 8.02. The van der Waals surface area contributed by atoms with Crippen LogP contribution in [0.1, 0.15) is 18.9 Å². The Morgan fingerprint density at radius 2 is 1.88 bits per heavy atom. The van der Waals surface area contributed by atoms with Crippen LogP contribution >= 0.6 is 23.2 Å². The second-order valence-corrected chi connectivity index (χ2v) is 6.41. The van der Waals surface area contributed by atoms with Crippen molar-refractivity contribution in [3.8, 4) is 11.5 Å². The van der Waals surface area contributed by atoms with Crippen LogP contribution in [-0.2, 0) is 11.2 Å². The number of hydrogen-bond acceptors (Lipinski definition) is 3. The summed E-state index contributed by atoms with van der Waals surface area (Å²) in [5.74, 6) is 0.0758. The van der Waals surface area contributed by atoms with E-state index in [-0.39, 0.29) is 5.92 Å². The van der Waals surface area contributed by atoms with E-state index in [1.807, 2.05) is 31.2 Å². The molecule has 25 heavy (non-hydrogen) atoms. The normalized spacial score (nSPS) is 11.8. The Hall–Kier alpha value is -1.91. The Labute approximate surface area is 157 Å². The fourth-order valence-electron chi connectivity index (χ4n) is 2.36. The molecule has 6 heteroatoms. The van der Waals surface area contributed by atoms with Crippen LogP contribution in [0.15, 0.2) is 42.5 Å². The summed E-state index contributed by atoms with van der Waals surface area (Å²) in [5, 5.41) is 10.2. The first kappa shape index (κ1) is 19.4. The Morgan fingerprint density at radius 3 is 2.56 bits per heavy atom. The van der Waals surface area contributed by atoms with E-state index in [9.17, 15) is 4.79 Å². The molecular weight excluding hydrogens is 363 g/mol. The predicted octanol–water partition coefficient (Wildman–Crippen LogP) is 5.10. The van der Waals surface area contributed by atoms with E-state index in [1.54, 1.807) is 18.2 Å². The fraction of sp³-hybridized carbons (Fsp3) is 0.316. The molecule has 1 N–H and O–H groups in total. The Kier molecular flexibility index (Phi) is 7.41. The summed E-state index contributed by atoms with van der Waals surface area (Å²) in [6.45, 7) is 2.55. The topological polar surface area (TPSA) is 55.8 Å². The van der Waals surface area contributed by atoms with E-state index >= 15 is 0 Å². The molecule has 2 aromatic carbocycles. The molecule has 0 aromatic heterocycles. The van der Waals surface area contributed by atoms with Gasteiger partial charge in [0.15, 0.2) is 0 Å². The van der Waals surface area contributed by atoms with E-state index in [1.165, 1.54) is 0 Å². The average molecular weight is 383 g/mol. The van der Waals surface area contributed by atoms with Crippen LogP contribution in [0.4, 0.5) is 0 Å². The quantitative estimate of drug-likeness (QED) is 0.612. The minimum Gasteiger partial charge on any atom is -0.490 e. The molecule has 0 amide bonds. The van der Waals surface area contributed by atoms with Gasteiger partial charge in [0, 0.05) is 5.02 Å². The van der Waals surface area contributed by atoms with Gasteiger partial charge in [0.25, 0.3) is 0 Å². The van der Waals surface area contributed by atoms with Gasteiger partial charge in [-0.15, -0.1) is 0 Å². The highest BCUT2D eigenvalue weighted by atomic mass is 35.5. The summed E-state index contributed by atoms with van der Waals surface area (Å²) in [6.07, 6.45) is 1.08. The van der Waals surface area contributed by atoms with Crippen molar-refractivity contribution >= 4 is 29.2 Å². The van der Waals surface area contributed by atoms with Crippen LogP contribution in [-0.4, -0.2) is 24.3 Å². The van der Waals surface area contributed by atoms with E-state index in [4.69, 9.17) is 37.8 Å². The van der Waals surface area contributed by atoms with Gasteiger partial charge in [-0.05, 0) is 48.7 Å². The van der Waals surface area contributed by atoms with Crippen LogP contribution in [0.3, 0.4) is 0 Å². The van der Waals surface area contributed by atoms with Crippen molar-refractivity contribution < 1.29 is 19.4 Å². The van der Waals surface area contributed by atoms with Crippen LogP contribution in [0, 0.1) is 5.92 Å². The van der Waals surface area contributed by atoms with Crippen LogP contribution < -0.4 is 9.47 Å². The second kappa shape index (κ2) is 9.54. The third-order valence-electron chi connectivity index (χ3n) is 3.73. The third-order valence-corrected chi connectivity index (χ3v) is 4.26. The molecule has 2 aromatic rings. The summed E-state index contributed by atoms with van der Waals surface area (Å²) in [5.41, 5.74) is 0.938. The zero-order valence-electron chi connectivity index (χ0n) is 13.9. The summed E-state index contributed by atoms with van der Waals surface area (Å²) in [7, 11) is 0. The Balaban J connectivity index is 1.84. The number of carboxylic acid groups (broad SMARTS) is 1. The van der Waals surface area contributed by atoms with Crippen molar-refractivity contribution in [1.29, 1.82) is 0 Å². The number of rotatable bonds is 9. The maximum atomic E-state index is 11.1. The van der Waals surface area contributed by atoms with Crippen molar-refractivity contribution in [2.45, 2.75) is 19.8 Å². The number of ether oxygens (including phenoxy) is 2. The maximum absolute atomic E-state index is 11.1. The third kappa shape index (κ3) is 6.15.